The number of aryl methyl sites for hydroxylation is 1. The van der Waals surface area contributed by atoms with E-state index < -0.39 is 0 Å². The molecule has 140 valence electrons. The summed E-state index contributed by atoms with van der Waals surface area (Å²) in [6, 6.07) is 22.2. The van der Waals surface area contributed by atoms with Crippen molar-refractivity contribution in [2.24, 2.45) is 0 Å². The third kappa shape index (κ3) is 2.96. The van der Waals surface area contributed by atoms with E-state index in [1.807, 2.05) is 24.3 Å². The van der Waals surface area contributed by atoms with Crippen molar-refractivity contribution in [3.05, 3.63) is 105 Å². The minimum absolute atomic E-state index is 0.0403. The summed E-state index contributed by atoms with van der Waals surface area (Å²) in [5.74, 6) is 0.685. The fraction of sp³-hybridized carbons (Fsp3) is 0.130. The van der Waals surface area contributed by atoms with Crippen LogP contribution < -0.4 is 10.2 Å². The Morgan fingerprint density at radius 1 is 0.964 bits per heavy atom. The van der Waals surface area contributed by atoms with Crippen LogP contribution in [0.15, 0.2) is 72.8 Å². The van der Waals surface area contributed by atoms with Crippen LogP contribution in [0.3, 0.4) is 0 Å². The third-order valence-corrected chi connectivity index (χ3v) is 5.66. The van der Waals surface area contributed by atoms with E-state index in [0.717, 1.165) is 22.4 Å². The SMILES string of the molecule is Cc1ccc([C@H]2Oc3c(Cl)cc(Cl)cc3[C@H]3C=C(c4ccccc4)NN32)cc1. The predicted octanol–water partition coefficient (Wildman–Crippen LogP) is 6.30. The lowest BCUT2D eigenvalue weighted by Gasteiger charge is -2.39. The summed E-state index contributed by atoms with van der Waals surface area (Å²) in [5.41, 5.74) is 8.92. The van der Waals surface area contributed by atoms with Gasteiger partial charge in [-0.2, -0.15) is 5.01 Å². The predicted molar refractivity (Wildman–Crippen MR) is 113 cm³/mol. The van der Waals surface area contributed by atoms with E-state index in [2.05, 4.69) is 59.8 Å². The van der Waals surface area contributed by atoms with Gasteiger partial charge in [0, 0.05) is 16.1 Å². The molecule has 0 unspecified atom stereocenters. The molecule has 0 amide bonds. The van der Waals surface area contributed by atoms with Crippen LogP contribution in [0.1, 0.15) is 34.5 Å². The number of ether oxygens (including phenoxy) is 1. The average molecular weight is 409 g/mol. The molecule has 2 aliphatic rings. The molecule has 0 spiro atoms. The summed E-state index contributed by atoms with van der Waals surface area (Å²) in [6.07, 6.45) is 1.89. The van der Waals surface area contributed by atoms with Gasteiger partial charge < -0.3 is 10.2 Å². The summed E-state index contributed by atoms with van der Waals surface area (Å²) in [5, 5.41) is 3.24. The van der Waals surface area contributed by atoms with Crippen LogP contribution in [0, 0.1) is 6.92 Å². The van der Waals surface area contributed by atoms with Gasteiger partial charge in [-0.25, -0.2) is 0 Å². The molecule has 5 rings (SSSR count). The monoisotopic (exact) mass is 408 g/mol. The van der Waals surface area contributed by atoms with Crippen molar-refractivity contribution in [1.82, 2.24) is 10.4 Å². The molecule has 2 heterocycles. The number of nitrogens with zero attached hydrogens (tertiary/aromatic N) is 1. The van der Waals surface area contributed by atoms with Crippen molar-refractivity contribution in [2.75, 3.05) is 0 Å². The fourth-order valence-electron chi connectivity index (χ4n) is 3.76. The van der Waals surface area contributed by atoms with Gasteiger partial charge in [-0.3, -0.25) is 0 Å². The summed E-state index contributed by atoms with van der Waals surface area (Å²) >= 11 is 12.8. The Labute approximate surface area is 174 Å². The Morgan fingerprint density at radius 3 is 2.46 bits per heavy atom. The molecule has 2 aliphatic heterocycles. The van der Waals surface area contributed by atoms with Gasteiger partial charge in [0.15, 0.2) is 6.23 Å². The van der Waals surface area contributed by atoms with Crippen molar-refractivity contribution >= 4 is 28.9 Å². The fourth-order valence-corrected chi connectivity index (χ4v) is 4.31. The van der Waals surface area contributed by atoms with E-state index in [1.165, 1.54) is 5.56 Å². The highest BCUT2D eigenvalue weighted by atomic mass is 35.5. The first-order valence-corrected chi connectivity index (χ1v) is 9.90. The summed E-state index contributed by atoms with van der Waals surface area (Å²) in [7, 11) is 0. The summed E-state index contributed by atoms with van der Waals surface area (Å²) < 4.78 is 6.38. The summed E-state index contributed by atoms with van der Waals surface area (Å²) in [4.78, 5) is 0. The molecule has 2 atom stereocenters. The molecule has 28 heavy (non-hydrogen) atoms. The second kappa shape index (κ2) is 6.85. The van der Waals surface area contributed by atoms with Crippen LogP contribution in [0.5, 0.6) is 5.75 Å². The zero-order valence-corrected chi connectivity index (χ0v) is 16.7. The first-order chi connectivity index (χ1) is 13.6. The molecule has 0 saturated carbocycles. The largest absolute Gasteiger partial charge is 0.467 e. The second-order valence-corrected chi connectivity index (χ2v) is 7.94. The average Bonchev–Trinajstić information content (AvgIpc) is 3.15. The van der Waals surface area contributed by atoms with Gasteiger partial charge in [0.25, 0.3) is 0 Å². The van der Waals surface area contributed by atoms with Gasteiger partial charge in [-0.1, -0.05) is 83.4 Å². The molecule has 3 nitrogen and oxygen atoms in total. The van der Waals surface area contributed by atoms with E-state index in [0.29, 0.717) is 15.8 Å². The Kier molecular flexibility index (Phi) is 4.31. The molecule has 3 aromatic rings. The van der Waals surface area contributed by atoms with Crippen LogP contribution in [0.4, 0.5) is 0 Å². The van der Waals surface area contributed by atoms with Gasteiger partial charge in [-0.15, -0.1) is 0 Å². The quantitative estimate of drug-likeness (QED) is 0.538. The minimum Gasteiger partial charge on any atom is -0.467 e. The molecular formula is C23H18Cl2N2O. The van der Waals surface area contributed by atoms with Crippen molar-refractivity contribution in [1.29, 1.82) is 0 Å². The molecule has 5 heteroatoms. The standard InChI is InChI=1S/C23H18Cl2N2O/c1-14-7-9-16(10-8-14)23-27-21(13-20(26-27)15-5-3-2-4-6-15)18-11-17(24)12-19(25)22(18)28-23/h2-13,21,23,26H,1H3/t21-,23-/m1/s1. The Balaban J connectivity index is 1.63. The van der Waals surface area contributed by atoms with Gasteiger partial charge >= 0.3 is 0 Å². The van der Waals surface area contributed by atoms with E-state index in [4.69, 9.17) is 27.9 Å². The van der Waals surface area contributed by atoms with Crippen molar-refractivity contribution in [3.8, 4) is 5.75 Å². The Morgan fingerprint density at radius 2 is 1.71 bits per heavy atom. The second-order valence-electron chi connectivity index (χ2n) is 7.10. The first-order valence-electron chi connectivity index (χ1n) is 9.14. The number of fused-ring (bicyclic) bond motifs is 3. The number of hydrogen-bond acceptors (Lipinski definition) is 3. The van der Waals surface area contributed by atoms with Gasteiger partial charge in [0.1, 0.15) is 5.75 Å². The van der Waals surface area contributed by atoms with E-state index >= 15 is 0 Å². The van der Waals surface area contributed by atoms with Crippen LogP contribution in [0.25, 0.3) is 5.70 Å². The van der Waals surface area contributed by atoms with E-state index in [9.17, 15) is 0 Å². The van der Waals surface area contributed by atoms with Crippen molar-refractivity contribution in [2.45, 2.75) is 19.2 Å². The molecule has 0 radical (unpaired) electrons. The van der Waals surface area contributed by atoms with Gasteiger partial charge in [0.05, 0.1) is 16.8 Å². The number of halogens is 2. The number of benzene rings is 3. The first kappa shape index (κ1) is 17.6. The smallest absolute Gasteiger partial charge is 0.196 e. The normalized spacial score (nSPS) is 20.6. The molecule has 0 aliphatic carbocycles. The van der Waals surface area contributed by atoms with E-state index in [1.54, 1.807) is 6.07 Å². The van der Waals surface area contributed by atoms with Gasteiger partial charge in [0.2, 0.25) is 0 Å². The lowest BCUT2D eigenvalue weighted by atomic mass is 10.0. The van der Waals surface area contributed by atoms with Crippen molar-refractivity contribution in [3.63, 3.8) is 0 Å². The third-order valence-electron chi connectivity index (χ3n) is 5.16. The Hall–Kier alpha value is -2.46. The van der Waals surface area contributed by atoms with Crippen LogP contribution in [-0.4, -0.2) is 5.01 Å². The molecule has 0 saturated heterocycles. The van der Waals surface area contributed by atoms with Gasteiger partial charge in [-0.05, 0) is 30.7 Å². The molecular weight excluding hydrogens is 391 g/mol. The highest BCUT2D eigenvalue weighted by molar-refractivity contribution is 6.35. The van der Waals surface area contributed by atoms with Crippen LogP contribution in [0.2, 0.25) is 10.0 Å². The minimum atomic E-state index is -0.311. The molecule has 1 N–H and O–H groups in total. The number of hydrogen-bond donors (Lipinski definition) is 1. The maximum Gasteiger partial charge on any atom is 0.196 e. The molecule has 0 bridgehead atoms. The van der Waals surface area contributed by atoms with Crippen LogP contribution >= 0.6 is 23.2 Å². The molecule has 0 aromatic heterocycles. The zero-order chi connectivity index (χ0) is 19.3. The molecule has 0 fully saturated rings. The summed E-state index contributed by atoms with van der Waals surface area (Å²) in [6.45, 7) is 2.08. The number of rotatable bonds is 2. The highest BCUT2D eigenvalue weighted by Crippen LogP contribution is 2.49. The number of nitrogens with one attached hydrogen (secondary N) is 1. The topological polar surface area (TPSA) is 24.5 Å². The maximum atomic E-state index is 6.50. The van der Waals surface area contributed by atoms with E-state index in [-0.39, 0.29) is 12.3 Å². The maximum absolute atomic E-state index is 6.50. The molecule has 3 aromatic carbocycles. The number of hydrazine groups is 1. The lowest BCUT2D eigenvalue weighted by molar-refractivity contribution is -0.0325. The van der Waals surface area contributed by atoms with Crippen LogP contribution in [-0.2, 0) is 0 Å². The zero-order valence-electron chi connectivity index (χ0n) is 15.2. The lowest BCUT2D eigenvalue weighted by Crippen LogP contribution is -2.43. The highest BCUT2D eigenvalue weighted by Gasteiger charge is 2.41. The Bertz CT molecular complexity index is 1060. The van der Waals surface area contributed by atoms with Crippen molar-refractivity contribution < 1.29 is 4.74 Å².